The molecule has 2 aliphatic heterocycles. The Morgan fingerprint density at radius 1 is 1.26 bits per heavy atom. The van der Waals surface area contributed by atoms with Gasteiger partial charge in [0.05, 0.1) is 25.8 Å². The van der Waals surface area contributed by atoms with Gasteiger partial charge in [0, 0.05) is 31.1 Å². The standard InChI is InChI=1S/C17H21FN2O4.CH2O2/c1-11-2-13(4-14(18)3-11)17(23)20-6-12-5-19(8-16(21)22)7-15(20)10-24-9-12;2-1-3/h2-4,12,15H,5-10H2,1H3,(H,21,22);1H,(H,2,3)/t12-,15-;/m0./s1. The Bertz CT molecular complexity index is 678. The molecular weight excluding hydrogens is 359 g/mol. The Balaban J connectivity index is 0.000000817. The normalized spacial score (nSPS) is 22.2. The van der Waals surface area contributed by atoms with Crippen molar-refractivity contribution in [3.8, 4) is 0 Å². The van der Waals surface area contributed by atoms with Crippen LogP contribution in [0.1, 0.15) is 15.9 Å². The number of carboxylic acids is 1. The highest BCUT2D eigenvalue weighted by Crippen LogP contribution is 2.22. The lowest BCUT2D eigenvalue weighted by Gasteiger charge is -2.30. The predicted molar refractivity (Wildman–Crippen MR) is 93.0 cm³/mol. The number of hydrogen-bond donors (Lipinski definition) is 2. The maximum atomic E-state index is 13.6. The summed E-state index contributed by atoms with van der Waals surface area (Å²) in [6.07, 6.45) is 0. The molecular formula is C18H23FN2O6. The second kappa shape index (κ2) is 9.43. The smallest absolute Gasteiger partial charge is 0.317 e. The average Bonchev–Trinajstić information content (AvgIpc) is 2.84. The van der Waals surface area contributed by atoms with Crippen LogP contribution in [0.3, 0.4) is 0 Å². The minimum atomic E-state index is -0.880. The van der Waals surface area contributed by atoms with E-state index in [1.807, 2.05) is 4.90 Å². The number of carbonyl (C=O) groups is 3. The van der Waals surface area contributed by atoms with Crippen molar-refractivity contribution in [3.63, 3.8) is 0 Å². The number of carboxylic acid groups (broad SMARTS) is 2. The van der Waals surface area contributed by atoms with Crippen molar-refractivity contribution < 1.29 is 33.7 Å². The Labute approximate surface area is 156 Å². The maximum absolute atomic E-state index is 13.6. The summed E-state index contributed by atoms with van der Waals surface area (Å²) in [6, 6.07) is 4.08. The fraction of sp³-hybridized carbons (Fsp3) is 0.500. The quantitative estimate of drug-likeness (QED) is 0.741. The molecule has 148 valence electrons. The Morgan fingerprint density at radius 3 is 2.59 bits per heavy atom. The second-order valence-electron chi connectivity index (χ2n) is 6.73. The van der Waals surface area contributed by atoms with E-state index in [4.69, 9.17) is 19.7 Å². The molecule has 0 radical (unpaired) electrons. The highest BCUT2D eigenvalue weighted by atomic mass is 19.1. The van der Waals surface area contributed by atoms with Gasteiger partial charge in [-0.05, 0) is 30.7 Å². The molecule has 9 heteroatoms. The SMILES string of the molecule is Cc1cc(F)cc(C(=O)N2C[C@H]3COC[C@@H]2CN(CC(=O)O)C3)c1.O=CO. The molecule has 2 bridgehead atoms. The van der Waals surface area contributed by atoms with Crippen LogP contribution in [0.5, 0.6) is 0 Å². The number of hydrogen-bond acceptors (Lipinski definition) is 5. The van der Waals surface area contributed by atoms with Crippen molar-refractivity contribution >= 4 is 18.3 Å². The molecule has 1 aromatic carbocycles. The number of rotatable bonds is 3. The number of ether oxygens (including phenoxy) is 1. The van der Waals surface area contributed by atoms with E-state index in [1.165, 1.54) is 12.1 Å². The first-order valence-corrected chi connectivity index (χ1v) is 8.52. The average molecular weight is 382 g/mol. The van der Waals surface area contributed by atoms with E-state index in [-0.39, 0.29) is 30.9 Å². The Hall–Kier alpha value is -2.52. The summed E-state index contributed by atoms with van der Waals surface area (Å²) in [5, 5.41) is 15.9. The van der Waals surface area contributed by atoms with Gasteiger partial charge in [0.15, 0.2) is 0 Å². The summed E-state index contributed by atoms with van der Waals surface area (Å²) in [7, 11) is 0. The van der Waals surface area contributed by atoms with Gasteiger partial charge in [-0.3, -0.25) is 19.3 Å². The lowest BCUT2D eigenvalue weighted by Crippen LogP contribution is -2.47. The molecule has 2 atom stereocenters. The van der Waals surface area contributed by atoms with Gasteiger partial charge in [-0.2, -0.15) is 0 Å². The molecule has 0 aliphatic carbocycles. The first-order chi connectivity index (χ1) is 12.8. The van der Waals surface area contributed by atoms with Crippen molar-refractivity contribution in [1.29, 1.82) is 0 Å². The second-order valence-corrected chi connectivity index (χ2v) is 6.73. The van der Waals surface area contributed by atoms with E-state index in [2.05, 4.69) is 0 Å². The number of aryl methyl sites for hydroxylation is 1. The van der Waals surface area contributed by atoms with Crippen molar-refractivity contribution in [2.24, 2.45) is 5.92 Å². The van der Waals surface area contributed by atoms with Crippen molar-refractivity contribution in [2.75, 3.05) is 39.4 Å². The van der Waals surface area contributed by atoms with Gasteiger partial charge in [-0.1, -0.05) is 0 Å². The van der Waals surface area contributed by atoms with E-state index >= 15 is 0 Å². The Kier molecular flexibility index (Phi) is 7.26. The van der Waals surface area contributed by atoms with Crippen LogP contribution < -0.4 is 0 Å². The van der Waals surface area contributed by atoms with Crippen LogP contribution in [0.25, 0.3) is 0 Å². The molecule has 1 aromatic rings. The number of fused-ring (bicyclic) bond motifs is 3. The molecule has 0 aromatic heterocycles. The number of aliphatic carboxylic acids is 1. The van der Waals surface area contributed by atoms with Gasteiger partial charge in [0.1, 0.15) is 5.82 Å². The van der Waals surface area contributed by atoms with Gasteiger partial charge in [-0.15, -0.1) is 0 Å². The molecule has 27 heavy (non-hydrogen) atoms. The number of nitrogens with zero attached hydrogens (tertiary/aromatic N) is 2. The largest absolute Gasteiger partial charge is 0.483 e. The molecule has 2 N–H and O–H groups in total. The van der Waals surface area contributed by atoms with Gasteiger partial charge < -0.3 is 19.8 Å². The minimum absolute atomic E-state index is 0.0475. The third-order valence-corrected chi connectivity index (χ3v) is 4.45. The van der Waals surface area contributed by atoms with E-state index < -0.39 is 11.8 Å². The van der Waals surface area contributed by atoms with Crippen LogP contribution >= 0.6 is 0 Å². The number of carbonyl (C=O) groups excluding carboxylic acids is 1. The van der Waals surface area contributed by atoms with Gasteiger partial charge in [-0.25, -0.2) is 4.39 Å². The molecule has 1 amide bonds. The summed E-state index contributed by atoms with van der Waals surface area (Å²) in [6.45, 7) is 3.84. The summed E-state index contributed by atoms with van der Waals surface area (Å²) in [5.41, 5.74) is 1.02. The van der Waals surface area contributed by atoms with Gasteiger partial charge >= 0.3 is 5.97 Å². The van der Waals surface area contributed by atoms with Crippen LogP contribution in [0, 0.1) is 18.7 Å². The van der Waals surface area contributed by atoms with E-state index in [9.17, 15) is 14.0 Å². The fourth-order valence-electron chi connectivity index (χ4n) is 3.53. The zero-order chi connectivity index (χ0) is 20.0. The summed E-state index contributed by atoms with van der Waals surface area (Å²) in [4.78, 5) is 35.8. The van der Waals surface area contributed by atoms with E-state index in [1.54, 1.807) is 17.9 Å². The highest BCUT2D eigenvalue weighted by Gasteiger charge is 2.36. The molecule has 0 unspecified atom stereocenters. The molecule has 2 aliphatic rings. The third kappa shape index (κ3) is 5.73. The predicted octanol–water partition coefficient (Wildman–Crippen LogP) is 0.692. The van der Waals surface area contributed by atoms with E-state index in [0.29, 0.717) is 44.0 Å². The number of amides is 1. The summed E-state index contributed by atoms with van der Waals surface area (Å²) in [5.74, 6) is -1.49. The van der Waals surface area contributed by atoms with Crippen LogP contribution in [0.2, 0.25) is 0 Å². The summed E-state index contributed by atoms with van der Waals surface area (Å²) < 4.78 is 19.3. The topological polar surface area (TPSA) is 107 Å². The van der Waals surface area contributed by atoms with Gasteiger partial charge in [0.2, 0.25) is 0 Å². The molecule has 2 heterocycles. The minimum Gasteiger partial charge on any atom is -0.483 e. The molecule has 3 rings (SSSR count). The zero-order valence-corrected chi connectivity index (χ0v) is 15.0. The molecule has 0 saturated carbocycles. The maximum Gasteiger partial charge on any atom is 0.317 e. The molecule has 2 saturated heterocycles. The van der Waals surface area contributed by atoms with Crippen LogP contribution in [-0.2, 0) is 14.3 Å². The number of halogens is 1. The lowest BCUT2D eigenvalue weighted by molar-refractivity contribution is -0.138. The molecule has 0 spiro atoms. The number of benzene rings is 1. The van der Waals surface area contributed by atoms with E-state index in [0.717, 1.165) is 0 Å². The van der Waals surface area contributed by atoms with Crippen LogP contribution in [0.15, 0.2) is 18.2 Å². The van der Waals surface area contributed by atoms with Crippen LogP contribution in [0.4, 0.5) is 4.39 Å². The van der Waals surface area contributed by atoms with Crippen LogP contribution in [-0.4, -0.2) is 83.8 Å². The zero-order valence-electron chi connectivity index (χ0n) is 15.0. The molecule has 2 fully saturated rings. The fourth-order valence-corrected chi connectivity index (χ4v) is 3.53. The van der Waals surface area contributed by atoms with Crippen molar-refractivity contribution in [1.82, 2.24) is 9.80 Å². The monoisotopic (exact) mass is 382 g/mol. The summed E-state index contributed by atoms with van der Waals surface area (Å²) >= 11 is 0. The van der Waals surface area contributed by atoms with Gasteiger partial charge in [0.25, 0.3) is 12.4 Å². The molecule has 8 nitrogen and oxygen atoms in total. The first-order valence-electron chi connectivity index (χ1n) is 8.52. The third-order valence-electron chi connectivity index (χ3n) is 4.45. The lowest BCUT2D eigenvalue weighted by atomic mass is 10.1. The van der Waals surface area contributed by atoms with Crippen molar-refractivity contribution in [3.05, 3.63) is 35.1 Å². The van der Waals surface area contributed by atoms with Crippen molar-refractivity contribution in [2.45, 2.75) is 13.0 Å². The highest BCUT2D eigenvalue weighted by molar-refractivity contribution is 5.94. The Morgan fingerprint density at radius 2 is 1.96 bits per heavy atom. The first kappa shape index (κ1) is 20.8.